The number of amides is 2. The van der Waals surface area contributed by atoms with Crippen LogP contribution in [0.4, 0.5) is 11.5 Å². The lowest BCUT2D eigenvalue weighted by atomic mass is 10.1. The highest BCUT2D eigenvalue weighted by Crippen LogP contribution is 2.26. The molecule has 0 unspecified atom stereocenters. The Morgan fingerprint density at radius 3 is 2.79 bits per heavy atom. The zero-order valence-electron chi connectivity index (χ0n) is 16.9. The summed E-state index contributed by atoms with van der Waals surface area (Å²) in [6.45, 7) is 5.83. The van der Waals surface area contributed by atoms with Crippen molar-refractivity contribution in [2.45, 2.75) is 45.7 Å². The monoisotopic (exact) mass is 383 g/mol. The first-order chi connectivity index (χ1) is 13.5. The van der Waals surface area contributed by atoms with E-state index in [0.717, 1.165) is 30.2 Å². The van der Waals surface area contributed by atoms with Crippen LogP contribution in [0.25, 0.3) is 0 Å². The third kappa shape index (κ3) is 4.35. The lowest BCUT2D eigenvalue weighted by Gasteiger charge is -2.33. The molecule has 28 heavy (non-hydrogen) atoms. The van der Waals surface area contributed by atoms with Crippen LogP contribution in [0.1, 0.15) is 31.9 Å². The zero-order valence-corrected chi connectivity index (χ0v) is 16.9. The number of rotatable bonds is 8. The molecule has 0 fully saturated rings. The van der Waals surface area contributed by atoms with E-state index in [4.69, 9.17) is 0 Å². The Balaban J connectivity index is 1.56. The summed E-state index contributed by atoms with van der Waals surface area (Å²) >= 11 is 0. The number of carbonyl (C=O) groups is 2. The molecule has 0 saturated heterocycles. The van der Waals surface area contributed by atoms with E-state index in [9.17, 15) is 9.59 Å². The fourth-order valence-electron chi connectivity index (χ4n) is 3.62. The van der Waals surface area contributed by atoms with E-state index in [2.05, 4.69) is 27.4 Å². The number of nitrogens with one attached hydrogen (secondary N) is 1. The van der Waals surface area contributed by atoms with Gasteiger partial charge in [-0.25, -0.2) is 4.68 Å². The van der Waals surface area contributed by atoms with E-state index in [-0.39, 0.29) is 11.8 Å². The predicted octanol–water partition coefficient (Wildman–Crippen LogP) is 2.35. The molecule has 0 aliphatic carbocycles. The van der Waals surface area contributed by atoms with E-state index < -0.39 is 6.04 Å². The second kappa shape index (κ2) is 8.91. The molecular formula is C21H29N5O2. The first-order valence-corrected chi connectivity index (χ1v) is 9.91. The SMILES string of the molecule is CC[C@H](C(=O)NCCCN(C)c1ccccc1)N1C(=O)CCn2nc(C)cc21. The van der Waals surface area contributed by atoms with Crippen molar-refractivity contribution in [2.75, 3.05) is 29.9 Å². The summed E-state index contributed by atoms with van der Waals surface area (Å²) in [5.74, 6) is 0.600. The Labute approximate surface area is 166 Å². The molecule has 1 N–H and O–H groups in total. The fraction of sp³-hybridized carbons (Fsp3) is 0.476. The van der Waals surface area contributed by atoms with Gasteiger partial charge in [0.05, 0.1) is 12.2 Å². The molecule has 1 aliphatic heterocycles. The van der Waals surface area contributed by atoms with Crippen LogP contribution in [-0.2, 0) is 16.1 Å². The molecule has 3 rings (SSSR count). The highest BCUT2D eigenvalue weighted by atomic mass is 16.2. The van der Waals surface area contributed by atoms with Crippen molar-refractivity contribution >= 4 is 23.3 Å². The number of para-hydroxylation sites is 1. The lowest BCUT2D eigenvalue weighted by molar-refractivity contribution is -0.127. The summed E-state index contributed by atoms with van der Waals surface area (Å²) in [4.78, 5) is 29.1. The molecule has 0 spiro atoms. The van der Waals surface area contributed by atoms with Crippen LogP contribution in [0.15, 0.2) is 36.4 Å². The van der Waals surface area contributed by atoms with Gasteiger partial charge in [0.15, 0.2) is 0 Å². The molecule has 1 aromatic heterocycles. The van der Waals surface area contributed by atoms with Crippen molar-refractivity contribution in [1.29, 1.82) is 0 Å². The number of fused-ring (bicyclic) bond motifs is 1. The number of anilines is 2. The Morgan fingerprint density at radius 1 is 1.32 bits per heavy atom. The maximum Gasteiger partial charge on any atom is 0.243 e. The van der Waals surface area contributed by atoms with Gasteiger partial charge in [0, 0.05) is 38.3 Å². The largest absolute Gasteiger partial charge is 0.375 e. The molecule has 0 saturated carbocycles. The summed E-state index contributed by atoms with van der Waals surface area (Å²) in [7, 11) is 2.04. The van der Waals surface area contributed by atoms with Gasteiger partial charge in [-0.3, -0.25) is 14.5 Å². The first kappa shape index (κ1) is 19.9. The van der Waals surface area contributed by atoms with Crippen molar-refractivity contribution in [2.24, 2.45) is 0 Å². The van der Waals surface area contributed by atoms with Gasteiger partial charge in [0.25, 0.3) is 0 Å². The van der Waals surface area contributed by atoms with E-state index in [1.165, 1.54) is 0 Å². The Bertz CT molecular complexity index is 817. The van der Waals surface area contributed by atoms with Gasteiger partial charge in [-0.05, 0) is 31.9 Å². The van der Waals surface area contributed by atoms with Crippen LogP contribution < -0.4 is 15.1 Å². The summed E-state index contributed by atoms with van der Waals surface area (Å²) < 4.78 is 1.82. The minimum absolute atomic E-state index is 0.0155. The fourth-order valence-corrected chi connectivity index (χ4v) is 3.62. The molecule has 0 bridgehead atoms. The number of aryl methyl sites for hydroxylation is 2. The van der Waals surface area contributed by atoms with Crippen LogP contribution in [0.2, 0.25) is 0 Å². The highest BCUT2D eigenvalue weighted by molar-refractivity contribution is 6.00. The molecule has 150 valence electrons. The summed E-state index contributed by atoms with van der Waals surface area (Å²) in [5, 5.41) is 7.43. The standard InChI is InChI=1S/C21H29N5O2/c1-4-18(26-19-15-16(2)23-25(19)14-11-20(26)27)21(28)22-12-8-13-24(3)17-9-6-5-7-10-17/h5-7,9-10,15,18H,4,8,11-14H2,1-3H3,(H,22,28)/t18-/m1/s1. The Hall–Kier alpha value is -2.83. The summed E-state index contributed by atoms with van der Waals surface area (Å²) in [6.07, 6.45) is 1.77. The number of carbonyl (C=O) groups excluding carboxylic acids is 2. The van der Waals surface area contributed by atoms with Gasteiger partial charge in [0.2, 0.25) is 11.8 Å². The third-order valence-electron chi connectivity index (χ3n) is 5.10. The number of hydrogen-bond donors (Lipinski definition) is 1. The average Bonchev–Trinajstić information content (AvgIpc) is 3.08. The molecule has 2 aromatic rings. The van der Waals surface area contributed by atoms with E-state index in [1.54, 1.807) is 4.90 Å². The molecule has 1 aromatic carbocycles. The quantitative estimate of drug-likeness (QED) is 0.711. The molecule has 7 heteroatoms. The molecule has 2 heterocycles. The van der Waals surface area contributed by atoms with Gasteiger partial charge < -0.3 is 10.2 Å². The molecule has 7 nitrogen and oxygen atoms in total. The van der Waals surface area contributed by atoms with Crippen molar-refractivity contribution in [1.82, 2.24) is 15.1 Å². The first-order valence-electron chi connectivity index (χ1n) is 9.91. The molecule has 1 atom stereocenters. The van der Waals surface area contributed by atoms with Gasteiger partial charge in [0.1, 0.15) is 11.9 Å². The van der Waals surface area contributed by atoms with Crippen LogP contribution in [0.5, 0.6) is 0 Å². The smallest absolute Gasteiger partial charge is 0.243 e. The van der Waals surface area contributed by atoms with Gasteiger partial charge in [-0.2, -0.15) is 5.10 Å². The second-order valence-electron chi connectivity index (χ2n) is 7.21. The number of hydrogen-bond acceptors (Lipinski definition) is 4. The van der Waals surface area contributed by atoms with E-state index >= 15 is 0 Å². The van der Waals surface area contributed by atoms with E-state index in [0.29, 0.717) is 25.9 Å². The second-order valence-corrected chi connectivity index (χ2v) is 7.21. The topological polar surface area (TPSA) is 70.5 Å². The van der Waals surface area contributed by atoms with Crippen LogP contribution >= 0.6 is 0 Å². The number of nitrogens with zero attached hydrogens (tertiary/aromatic N) is 4. The minimum Gasteiger partial charge on any atom is -0.375 e. The Kier molecular flexibility index (Phi) is 6.34. The maximum absolute atomic E-state index is 12.8. The normalized spacial score (nSPS) is 14.5. The zero-order chi connectivity index (χ0) is 20.1. The number of aromatic nitrogens is 2. The highest BCUT2D eigenvalue weighted by Gasteiger charge is 2.34. The van der Waals surface area contributed by atoms with Gasteiger partial charge in [-0.1, -0.05) is 25.1 Å². The van der Waals surface area contributed by atoms with Crippen LogP contribution in [-0.4, -0.2) is 47.8 Å². The predicted molar refractivity (Wildman–Crippen MR) is 110 cm³/mol. The van der Waals surface area contributed by atoms with Gasteiger partial charge >= 0.3 is 0 Å². The van der Waals surface area contributed by atoms with Gasteiger partial charge in [-0.15, -0.1) is 0 Å². The van der Waals surface area contributed by atoms with E-state index in [1.807, 2.05) is 49.8 Å². The number of benzene rings is 1. The average molecular weight is 383 g/mol. The van der Waals surface area contributed by atoms with Crippen molar-refractivity contribution in [3.63, 3.8) is 0 Å². The molecule has 1 aliphatic rings. The molecular weight excluding hydrogens is 354 g/mol. The molecule has 2 amide bonds. The minimum atomic E-state index is -0.505. The summed E-state index contributed by atoms with van der Waals surface area (Å²) in [6, 6.07) is 11.5. The van der Waals surface area contributed by atoms with Crippen molar-refractivity contribution < 1.29 is 9.59 Å². The lowest BCUT2D eigenvalue weighted by Crippen LogP contribution is -2.52. The van der Waals surface area contributed by atoms with Crippen LogP contribution in [0, 0.1) is 6.92 Å². The van der Waals surface area contributed by atoms with Crippen molar-refractivity contribution in [3.05, 3.63) is 42.1 Å². The maximum atomic E-state index is 12.8. The summed E-state index contributed by atoms with van der Waals surface area (Å²) in [5.41, 5.74) is 2.01. The van der Waals surface area contributed by atoms with Crippen molar-refractivity contribution in [3.8, 4) is 0 Å². The molecule has 0 radical (unpaired) electrons. The Morgan fingerprint density at radius 2 is 2.07 bits per heavy atom. The van der Waals surface area contributed by atoms with Crippen LogP contribution in [0.3, 0.4) is 0 Å². The third-order valence-corrected chi connectivity index (χ3v) is 5.10.